The zero-order chi connectivity index (χ0) is 31.3. The van der Waals surface area contributed by atoms with Gasteiger partial charge >= 0.3 is 6.01 Å². The summed E-state index contributed by atoms with van der Waals surface area (Å²) in [5.41, 5.74) is -0.502. The van der Waals surface area contributed by atoms with Gasteiger partial charge in [0.15, 0.2) is 5.82 Å². The predicted molar refractivity (Wildman–Crippen MR) is 165 cm³/mol. The second kappa shape index (κ2) is 11.7. The number of fused-ring (bicyclic) bond motifs is 3. The maximum atomic E-state index is 16.7. The molecular weight excluding hydrogens is 583 g/mol. The molecule has 1 aliphatic carbocycles. The molecule has 2 aromatic carbocycles. The standard InChI is InChI=1S/C34H34F3N5O3/c1-3-23-26(36)8-7-20-14-22(43)15-24(28(20)23)30-29(37)31-25(17-38-30)32(42-10-5-12-44-13-11-42)40-33(39-31)45-19-34-9-4-6-27(34)41(2)18-21(35)16-34/h1,7-8,14-15,17,21,27,43H,4-6,9-13,16,18-19H2,2H3/t21-,27?,34-/m1/s1. The van der Waals surface area contributed by atoms with E-state index in [0.717, 1.165) is 25.7 Å². The van der Waals surface area contributed by atoms with E-state index in [2.05, 4.69) is 20.8 Å². The minimum absolute atomic E-state index is 0.0153. The Balaban J connectivity index is 1.37. The number of ether oxygens (including phenoxy) is 2. The lowest BCUT2D eigenvalue weighted by atomic mass is 9.75. The first kappa shape index (κ1) is 29.6. The molecule has 7 rings (SSSR count). The van der Waals surface area contributed by atoms with Gasteiger partial charge in [-0.05, 0) is 56.3 Å². The lowest BCUT2D eigenvalue weighted by Crippen LogP contribution is -2.54. The Hall–Kier alpha value is -4.14. The van der Waals surface area contributed by atoms with Crippen LogP contribution in [0.2, 0.25) is 0 Å². The van der Waals surface area contributed by atoms with Crippen molar-refractivity contribution in [3.8, 4) is 35.4 Å². The summed E-state index contributed by atoms with van der Waals surface area (Å²) in [5.74, 6) is 1.24. The highest BCUT2D eigenvalue weighted by atomic mass is 19.1. The molecule has 0 amide bonds. The van der Waals surface area contributed by atoms with Crippen molar-refractivity contribution in [2.45, 2.75) is 44.3 Å². The molecule has 8 nitrogen and oxygen atoms in total. The van der Waals surface area contributed by atoms with Gasteiger partial charge in [-0.3, -0.25) is 9.88 Å². The normalized spacial score (nSPS) is 24.0. The summed E-state index contributed by atoms with van der Waals surface area (Å²) in [6, 6.07) is 5.61. The second-order valence-corrected chi connectivity index (χ2v) is 12.4. The molecular formula is C34H34F3N5O3. The molecule has 45 heavy (non-hydrogen) atoms. The highest BCUT2D eigenvalue weighted by Crippen LogP contribution is 2.48. The summed E-state index contributed by atoms with van der Waals surface area (Å²) in [6.07, 6.45) is 10.1. The highest BCUT2D eigenvalue weighted by Gasteiger charge is 2.50. The predicted octanol–water partition coefficient (Wildman–Crippen LogP) is 5.63. The lowest BCUT2D eigenvalue weighted by molar-refractivity contribution is -0.0244. The minimum Gasteiger partial charge on any atom is -0.508 e. The van der Waals surface area contributed by atoms with Crippen LogP contribution in [0.1, 0.15) is 37.7 Å². The van der Waals surface area contributed by atoms with Crippen LogP contribution in [-0.4, -0.2) is 83.7 Å². The fourth-order valence-corrected chi connectivity index (χ4v) is 7.65. The third-order valence-electron chi connectivity index (χ3n) is 9.61. The maximum Gasteiger partial charge on any atom is 0.319 e. The molecule has 0 radical (unpaired) electrons. The fraction of sp³-hybridized carbons (Fsp3) is 0.441. The molecule has 3 aliphatic rings. The summed E-state index contributed by atoms with van der Waals surface area (Å²) in [4.78, 5) is 17.8. The largest absolute Gasteiger partial charge is 0.508 e. The van der Waals surface area contributed by atoms with E-state index in [4.69, 9.17) is 20.9 Å². The van der Waals surface area contributed by atoms with Gasteiger partial charge in [0.05, 0.1) is 24.2 Å². The average molecular weight is 618 g/mol. The van der Waals surface area contributed by atoms with Gasteiger partial charge in [-0.2, -0.15) is 9.97 Å². The number of hydrogen-bond acceptors (Lipinski definition) is 8. The quantitative estimate of drug-likeness (QED) is 0.289. The number of phenolic OH excluding ortho intramolecular Hbond substituents is 1. The van der Waals surface area contributed by atoms with Crippen LogP contribution in [0.5, 0.6) is 11.8 Å². The molecule has 0 spiro atoms. The van der Waals surface area contributed by atoms with Gasteiger partial charge in [0, 0.05) is 54.8 Å². The number of halogens is 3. The number of pyridine rings is 1. The molecule has 3 fully saturated rings. The van der Waals surface area contributed by atoms with E-state index in [1.54, 1.807) is 0 Å². The highest BCUT2D eigenvalue weighted by molar-refractivity contribution is 6.03. The summed E-state index contributed by atoms with van der Waals surface area (Å²) in [7, 11) is 1.95. The van der Waals surface area contributed by atoms with Crippen LogP contribution in [-0.2, 0) is 4.74 Å². The number of alkyl halides is 1. The number of benzene rings is 2. The number of piperidine rings is 1. The van der Waals surface area contributed by atoms with E-state index in [-0.39, 0.29) is 57.5 Å². The third-order valence-corrected chi connectivity index (χ3v) is 9.61. The van der Waals surface area contributed by atoms with Crippen molar-refractivity contribution in [2.24, 2.45) is 5.41 Å². The lowest BCUT2D eigenvalue weighted by Gasteiger charge is -2.45. The van der Waals surface area contributed by atoms with E-state index in [1.165, 1.54) is 30.5 Å². The zero-order valence-electron chi connectivity index (χ0n) is 25.0. The van der Waals surface area contributed by atoms with Crippen molar-refractivity contribution in [3.63, 3.8) is 0 Å². The van der Waals surface area contributed by atoms with Gasteiger partial charge < -0.3 is 19.5 Å². The summed E-state index contributed by atoms with van der Waals surface area (Å²) in [5, 5.41) is 11.6. The van der Waals surface area contributed by atoms with Crippen molar-refractivity contribution in [3.05, 3.63) is 47.7 Å². The van der Waals surface area contributed by atoms with Gasteiger partial charge in [0.2, 0.25) is 0 Å². The summed E-state index contributed by atoms with van der Waals surface area (Å²) in [6.45, 7) is 2.82. The van der Waals surface area contributed by atoms with Crippen LogP contribution in [0.25, 0.3) is 32.9 Å². The number of likely N-dealkylation sites (tertiary alicyclic amines) is 1. The molecule has 2 aromatic heterocycles. The van der Waals surface area contributed by atoms with E-state index >= 15 is 4.39 Å². The first-order valence-electron chi connectivity index (χ1n) is 15.4. The van der Waals surface area contributed by atoms with E-state index in [9.17, 15) is 13.9 Å². The molecule has 1 N–H and O–H groups in total. The first-order valence-corrected chi connectivity index (χ1v) is 15.4. The van der Waals surface area contributed by atoms with E-state index in [1.807, 2.05) is 11.9 Å². The molecule has 234 valence electrons. The number of anilines is 1. The van der Waals surface area contributed by atoms with Crippen molar-refractivity contribution >= 4 is 27.5 Å². The summed E-state index contributed by atoms with van der Waals surface area (Å²) < 4.78 is 58.3. The Labute approximate surface area is 259 Å². The van der Waals surface area contributed by atoms with Crippen molar-refractivity contribution in [1.82, 2.24) is 19.9 Å². The topological polar surface area (TPSA) is 83.8 Å². The Bertz CT molecular complexity index is 1820. The number of aromatic hydroxyl groups is 1. The zero-order valence-corrected chi connectivity index (χ0v) is 25.0. The van der Waals surface area contributed by atoms with Crippen LogP contribution in [0.3, 0.4) is 0 Å². The number of phenols is 1. The van der Waals surface area contributed by atoms with Crippen molar-refractivity contribution in [2.75, 3.05) is 51.4 Å². The van der Waals surface area contributed by atoms with Crippen LogP contribution in [0.4, 0.5) is 19.0 Å². The van der Waals surface area contributed by atoms with Crippen molar-refractivity contribution < 1.29 is 27.8 Å². The van der Waals surface area contributed by atoms with Crippen LogP contribution in [0, 0.1) is 29.4 Å². The molecule has 4 heterocycles. The Morgan fingerprint density at radius 1 is 1.18 bits per heavy atom. The monoisotopic (exact) mass is 617 g/mol. The van der Waals surface area contributed by atoms with E-state index in [0.29, 0.717) is 55.9 Å². The molecule has 1 saturated carbocycles. The smallest absolute Gasteiger partial charge is 0.319 e. The Kier molecular flexibility index (Phi) is 7.66. The molecule has 0 bridgehead atoms. The Morgan fingerprint density at radius 2 is 2.04 bits per heavy atom. The van der Waals surface area contributed by atoms with Gasteiger partial charge in [0.25, 0.3) is 0 Å². The van der Waals surface area contributed by atoms with Gasteiger partial charge in [0.1, 0.15) is 34.8 Å². The fourth-order valence-electron chi connectivity index (χ4n) is 7.65. The molecule has 3 atom stereocenters. The molecule has 2 saturated heterocycles. The number of aromatic nitrogens is 3. The number of rotatable bonds is 5. The van der Waals surface area contributed by atoms with Gasteiger partial charge in [-0.25, -0.2) is 13.2 Å². The van der Waals surface area contributed by atoms with Gasteiger partial charge in [-0.1, -0.05) is 18.4 Å². The van der Waals surface area contributed by atoms with E-state index < -0.39 is 17.8 Å². The molecule has 11 heteroatoms. The van der Waals surface area contributed by atoms with Gasteiger partial charge in [-0.15, -0.1) is 6.42 Å². The Morgan fingerprint density at radius 3 is 2.89 bits per heavy atom. The molecule has 2 aliphatic heterocycles. The van der Waals surface area contributed by atoms with Crippen molar-refractivity contribution in [1.29, 1.82) is 0 Å². The second-order valence-electron chi connectivity index (χ2n) is 12.4. The number of terminal acetylenes is 1. The number of hydrogen-bond donors (Lipinski definition) is 1. The SMILES string of the molecule is C#Cc1c(F)ccc2cc(O)cc(-c3ncc4c(N5CCCOCC5)nc(OC[C@]56CCCC5N(C)C[C@H](F)C6)nc4c3F)c12. The maximum absolute atomic E-state index is 16.7. The first-order chi connectivity index (χ1) is 21.8. The minimum atomic E-state index is -0.959. The summed E-state index contributed by atoms with van der Waals surface area (Å²) >= 11 is 0. The average Bonchev–Trinajstić information content (AvgIpc) is 3.26. The third kappa shape index (κ3) is 5.20. The van der Waals surface area contributed by atoms with Crippen LogP contribution < -0.4 is 9.64 Å². The van der Waals surface area contributed by atoms with Crippen LogP contribution >= 0.6 is 0 Å². The number of nitrogens with zero attached hydrogens (tertiary/aromatic N) is 5. The molecule has 4 aromatic rings. The van der Waals surface area contributed by atoms with Crippen LogP contribution in [0.15, 0.2) is 30.5 Å². The molecule has 1 unspecified atom stereocenters.